The van der Waals surface area contributed by atoms with Gasteiger partial charge < -0.3 is 5.11 Å². The highest BCUT2D eigenvalue weighted by atomic mass is 17.2. The summed E-state index contributed by atoms with van der Waals surface area (Å²) in [5, 5.41) is 11.1. The van der Waals surface area contributed by atoms with Crippen LogP contribution in [0, 0.1) is 35.0 Å². The summed E-state index contributed by atoms with van der Waals surface area (Å²) in [4.78, 5) is 11.1. The van der Waals surface area contributed by atoms with E-state index < -0.39 is 11.2 Å². The smallest absolute Gasteiger partial charge is 0.158 e. The number of fused-ring (bicyclic) bond motifs is 2. The summed E-state index contributed by atoms with van der Waals surface area (Å²) in [6.45, 7) is 16.7. The maximum Gasteiger partial charge on any atom is 0.158 e. The standard InChI is InChI=1S/C20H34O3/c1-9-17(3,4)22-23-18(5,6)10-11-20(21)13-15-12-16(20)14(2)19(15,7)8/h14-16,21H,9,12-13H2,1-8H3/t14-,15-,16+,20-/m1/s1. The number of rotatable bonds is 4. The Hall–Kier alpha value is -0.560. The van der Waals surface area contributed by atoms with Gasteiger partial charge in [0.1, 0.15) is 5.60 Å². The first kappa shape index (κ1) is 18.8. The lowest BCUT2D eigenvalue weighted by atomic mass is 9.64. The molecule has 0 aromatic carbocycles. The quantitative estimate of drug-likeness (QED) is 0.475. The van der Waals surface area contributed by atoms with Crippen molar-refractivity contribution in [1.82, 2.24) is 0 Å². The van der Waals surface area contributed by atoms with Crippen LogP contribution in [-0.4, -0.2) is 21.9 Å². The van der Waals surface area contributed by atoms with Gasteiger partial charge in [0.25, 0.3) is 0 Å². The largest absolute Gasteiger partial charge is 0.377 e. The second-order valence-corrected chi connectivity index (χ2v) is 9.32. The lowest BCUT2D eigenvalue weighted by Gasteiger charge is -2.42. The molecule has 0 spiro atoms. The molecule has 132 valence electrons. The van der Waals surface area contributed by atoms with Crippen molar-refractivity contribution in [3.8, 4) is 11.8 Å². The van der Waals surface area contributed by atoms with E-state index in [2.05, 4.69) is 39.5 Å². The van der Waals surface area contributed by atoms with Crippen LogP contribution in [0.25, 0.3) is 0 Å². The Morgan fingerprint density at radius 3 is 2.26 bits per heavy atom. The molecule has 23 heavy (non-hydrogen) atoms. The Bertz CT molecular complexity index is 505. The molecule has 0 aromatic heterocycles. The van der Waals surface area contributed by atoms with Gasteiger partial charge in [0, 0.05) is 5.92 Å². The van der Waals surface area contributed by atoms with Crippen molar-refractivity contribution in [1.29, 1.82) is 0 Å². The van der Waals surface area contributed by atoms with Gasteiger partial charge >= 0.3 is 0 Å². The van der Waals surface area contributed by atoms with Crippen molar-refractivity contribution in [3.63, 3.8) is 0 Å². The molecule has 0 saturated heterocycles. The highest BCUT2D eigenvalue weighted by Crippen LogP contribution is 2.62. The summed E-state index contributed by atoms with van der Waals surface area (Å²) in [5.74, 6) is 7.58. The van der Waals surface area contributed by atoms with Gasteiger partial charge in [-0.25, -0.2) is 9.78 Å². The van der Waals surface area contributed by atoms with Crippen LogP contribution >= 0.6 is 0 Å². The Balaban J connectivity index is 2.07. The molecule has 3 heteroatoms. The molecule has 1 N–H and O–H groups in total. The zero-order chi connectivity index (χ0) is 17.7. The molecule has 2 rings (SSSR count). The van der Waals surface area contributed by atoms with Gasteiger partial charge in [0.15, 0.2) is 5.60 Å². The van der Waals surface area contributed by atoms with E-state index in [0.29, 0.717) is 17.3 Å². The Kier molecular flexibility index (Phi) is 4.70. The molecule has 2 bridgehead atoms. The highest BCUT2D eigenvalue weighted by Gasteiger charge is 2.61. The molecule has 2 aliphatic rings. The fourth-order valence-corrected chi connectivity index (χ4v) is 3.89. The molecule has 3 nitrogen and oxygen atoms in total. The first-order valence-corrected chi connectivity index (χ1v) is 8.96. The summed E-state index contributed by atoms with van der Waals surface area (Å²) < 4.78 is 0. The van der Waals surface area contributed by atoms with Gasteiger partial charge in [0.2, 0.25) is 0 Å². The third-order valence-corrected chi connectivity index (χ3v) is 6.45. The third kappa shape index (κ3) is 3.60. The van der Waals surface area contributed by atoms with Gasteiger partial charge in [0.05, 0.1) is 5.60 Å². The highest BCUT2D eigenvalue weighted by molar-refractivity contribution is 5.27. The van der Waals surface area contributed by atoms with Crippen LogP contribution < -0.4 is 0 Å². The molecule has 0 radical (unpaired) electrons. The monoisotopic (exact) mass is 322 g/mol. The first-order chi connectivity index (χ1) is 10.3. The molecular weight excluding hydrogens is 288 g/mol. The van der Waals surface area contributed by atoms with E-state index in [1.807, 2.05) is 27.7 Å². The maximum atomic E-state index is 11.1. The molecule has 4 atom stereocenters. The summed E-state index contributed by atoms with van der Waals surface area (Å²) in [5.41, 5.74) is -1.64. The molecular formula is C20H34O3. The van der Waals surface area contributed by atoms with E-state index in [0.717, 1.165) is 19.3 Å². The lowest BCUT2D eigenvalue weighted by Crippen LogP contribution is -2.44. The van der Waals surface area contributed by atoms with Crippen LogP contribution in [0.2, 0.25) is 0 Å². The van der Waals surface area contributed by atoms with E-state index in [1.54, 1.807) is 0 Å². The van der Waals surface area contributed by atoms with Crippen molar-refractivity contribution in [2.75, 3.05) is 0 Å². The Morgan fingerprint density at radius 1 is 1.17 bits per heavy atom. The Morgan fingerprint density at radius 2 is 1.78 bits per heavy atom. The predicted molar refractivity (Wildman–Crippen MR) is 92.5 cm³/mol. The third-order valence-electron chi connectivity index (χ3n) is 6.45. The lowest BCUT2D eigenvalue weighted by molar-refractivity contribution is -0.388. The van der Waals surface area contributed by atoms with E-state index >= 15 is 0 Å². The van der Waals surface area contributed by atoms with Gasteiger partial charge in [-0.05, 0) is 64.2 Å². The summed E-state index contributed by atoms with van der Waals surface area (Å²) in [7, 11) is 0. The molecule has 2 saturated carbocycles. The van der Waals surface area contributed by atoms with Crippen molar-refractivity contribution < 1.29 is 14.9 Å². The summed E-state index contributed by atoms with van der Waals surface area (Å²) >= 11 is 0. The van der Waals surface area contributed by atoms with E-state index in [4.69, 9.17) is 9.78 Å². The molecule has 0 aliphatic heterocycles. The van der Waals surface area contributed by atoms with Crippen LogP contribution in [-0.2, 0) is 9.78 Å². The van der Waals surface area contributed by atoms with Gasteiger partial charge in [-0.3, -0.25) is 0 Å². The summed E-state index contributed by atoms with van der Waals surface area (Å²) in [6.07, 6.45) is 2.72. The molecule has 0 aromatic rings. The normalized spacial score (nSPS) is 36.0. The van der Waals surface area contributed by atoms with E-state index in [1.165, 1.54) is 0 Å². The number of hydrogen-bond acceptors (Lipinski definition) is 3. The predicted octanol–water partition coefficient (Wildman–Crippen LogP) is 4.34. The molecule has 0 amide bonds. The van der Waals surface area contributed by atoms with Crippen molar-refractivity contribution >= 4 is 0 Å². The minimum Gasteiger partial charge on any atom is -0.377 e. The molecule has 2 aliphatic carbocycles. The minimum absolute atomic E-state index is 0.263. The van der Waals surface area contributed by atoms with Crippen molar-refractivity contribution in [2.24, 2.45) is 23.2 Å². The zero-order valence-corrected chi connectivity index (χ0v) is 16.1. The molecule has 0 heterocycles. The van der Waals surface area contributed by atoms with Crippen LogP contribution in [0.15, 0.2) is 0 Å². The average molecular weight is 322 g/mol. The minimum atomic E-state index is -0.874. The number of aliphatic hydroxyl groups is 1. The SMILES string of the molecule is CCC(C)(C)OOC(C)(C)C#C[C@@]1(O)C[C@H]2C[C@H]1[C@@H](C)C2(C)C. The molecule has 2 fully saturated rings. The number of hydrogen-bond donors (Lipinski definition) is 1. The van der Waals surface area contributed by atoms with E-state index in [-0.39, 0.29) is 11.5 Å². The van der Waals surface area contributed by atoms with E-state index in [9.17, 15) is 5.11 Å². The first-order valence-electron chi connectivity index (χ1n) is 8.96. The zero-order valence-electron chi connectivity index (χ0n) is 16.1. The fourth-order valence-electron chi connectivity index (χ4n) is 3.89. The van der Waals surface area contributed by atoms with Crippen LogP contribution in [0.1, 0.15) is 74.7 Å². The Labute approximate surface area is 142 Å². The van der Waals surface area contributed by atoms with Gasteiger partial charge in [-0.15, -0.1) is 0 Å². The van der Waals surface area contributed by atoms with Crippen molar-refractivity contribution in [2.45, 2.75) is 91.5 Å². The fraction of sp³-hybridized carbons (Fsp3) is 0.900. The van der Waals surface area contributed by atoms with Crippen molar-refractivity contribution in [3.05, 3.63) is 0 Å². The average Bonchev–Trinajstić information content (AvgIpc) is 2.91. The van der Waals surface area contributed by atoms with Crippen LogP contribution in [0.5, 0.6) is 0 Å². The topological polar surface area (TPSA) is 38.7 Å². The molecule has 0 unspecified atom stereocenters. The second-order valence-electron chi connectivity index (χ2n) is 9.32. The van der Waals surface area contributed by atoms with Gasteiger partial charge in [-0.1, -0.05) is 39.5 Å². The van der Waals surface area contributed by atoms with Crippen LogP contribution in [0.3, 0.4) is 0 Å². The van der Waals surface area contributed by atoms with Gasteiger partial charge in [-0.2, -0.15) is 0 Å². The summed E-state index contributed by atoms with van der Waals surface area (Å²) in [6, 6.07) is 0. The maximum absolute atomic E-state index is 11.1. The second kappa shape index (κ2) is 5.76. The van der Waals surface area contributed by atoms with Crippen LogP contribution in [0.4, 0.5) is 0 Å².